The standard InChI is InChI=1S/C6H9.BF3.K/c1-5-6(2,3)4;2-1(3)4;/h2-4H3;;. The fraction of sp³-hybridized carbons (Fsp3) is 0.667. The molecule has 0 aromatic carbocycles. The van der Waals surface area contributed by atoms with Gasteiger partial charge in [-0.2, -0.15) is 0 Å². The quantitative estimate of drug-likeness (QED) is 0.403. The first-order chi connectivity index (χ1) is 4.79. The predicted molar refractivity (Wildman–Crippen MR) is 42.1 cm³/mol. The largest absolute Gasteiger partial charge is 0.762 e. The predicted octanol–water partition coefficient (Wildman–Crippen LogP) is 2.04. The summed E-state index contributed by atoms with van der Waals surface area (Å²) in [6.45, 7) is 6.39. The zero-order valence-electron chi connectivity index (χ0n) is 7.21. The summed E-state index contributed by atoms with van der Waals surface area (Å²) in [4.78, 5) is 0. The smallest absolute Gasteiger partial charge is 0.254 e. The van der Waals surface area contributed by atoms with E-state index in [1.807, 2.05) is 0 Å². The molecule has 0 aromatic heterocycles. The molecule has 0 spiro atoms. The summed E-state index contributed by atoms with van der Waals surface area (Å²) >= 11 is 0.709. The Morgan fingerprint density at radius 1 is 1.18 bits per heavy atom. The molecule has 5 heteroatoms. The van der Waals surface area contributed by atoms with Gasteiger partial charge in [0.05, 0.1) is 0 Å². The van der Waals surface area contributed by atoms with Crippen LogP contribution in [-0.2, 0) is 0 Å². The van der Waals surface area contributed by atoms with E-state index in [9.17, 15) is 12.9 Å². The molecule has 0 aliphatic heterocycles. The third-order valence-corrected chi connectivity index (χ3v) is 0.890. The van der Waals surface area contributed by atoms with Crippen molar-refractivity contribution in [3.63, 3.8) is 0 Å². The van der Waals surface area contributed by atoms with Crippen molar-refractivity contribution in [2.45, 2.75) is 20.8 Å². The Morgan fingerprint density at radius 3 is 1.45 bits per heavy atom. The summed E-state index contributed by atoms with van der Waals surface area (Å²) in [5, 5.41) is 0. The maximum Gasteiger partial charge on any atom is 0.762 e. The second-order valence-corrected chi connectivity index (χ2v) is 3.65. The van der Waals surface area contributed by atoms with Crippen LogP contribution in [-0.4, -0.2) is 56.5 Å². The topological polar surface area (TPSA) is 0 Å². The Morgan fingerprint density at radius 2 is 1.45 bits per heavy atom. The minimum absolute atomic E-state index is 0.236. The maximum absolute atomic E-state index is 9.67. The molecule has 0 saturated carbocycles. The van der Waals surface area contributed by atoms with E-state index in [1.165, 1.54) is 0 Å². The average molecular weight is 188 g/mol. The zero-order valence-corrected chi connectivity index (χ0v) is 10.3. The molecule has 0 atom stereocenters. The molecule has 0 bridgehead atoms. The van der Waals surface area contributed by atoms with Gasteiger partial charge in [-0.1, -0.05) is 0 Å². The first-order valence-corrected chi connectivity index (χ1v) is 4.72. The molecule has 0 saturated heterocycles. The van der Waals surface area contributed by atoms with Crippen LogP contribution < -0.4 is 0 Å². The monoisotopic (exact) mass is 188 g/mol. The molecule has 0 aliphatic carbocycles. The van der Waals surface area contributed by atoms with Gasteiger partial charge in [0.15, 0.2) is 0 Å². The third-order valence-electron chi connectivity index (χ3n) is 0.500. The van der Waals surface area contributed by atoms with Crippen LogP contribution in [0.5, 0.6) is 0 Å². The van der Waals surface area contributed by atoms with E-state index in [-0.39, 0.29) is 5.41 Å². The van der Waals surface area contributed by atoms with Crippen LogP contribution in [0.15, 0.2) is 0 Å². The van der Waals surface area contributed by atoms with Crippen LogP contribution in [0.3, 0.4) is 0 Å². The summed E-state index contributed by atoms with van der Waals surface area (Å²) in [6, 6.07) is 0. The van der Waals surface area contributed by atoms with E-state index in [0.717, 1.165) is 0 Å². The number of rotatable bonds is 0. The fourth-order valence-electron chi connectivity index (χ4n) is 0.375. The average Bonchev–Trinajstić information content (AvgIpc) is 1.58. The summed E-state index contributed by atoms with van der Waals surface area (Å²) < 4.78 is 32.0. The van der Waals surface area contributed by atoms with Crippen molar-refractivity contribution in [1.29, 1.82) is 0 Å². The van der Waals surface area contributed by atoms with Gasteiger partial charge >= 0.3 is 88.6 Å². The molecule has 0 amide bonds. The minimum atomic E-state index is -3.67. The van der Waals surface area contributed by atoms with Crippen molar-refractivity contribution in [3.05, 3.63) is 0 Å². The van der Waals surface area contributed by atoms with Crippen molar-refractivity contribution < 1.29 is 12.9 Å². The summed E-state index contributed by atoms with van der Waals surface area (Å²) in [7, 11) is -3.67. The fourth-order valence-corrected chi connectivity index (χ4v) is 1.55. The van der Waals surface area contributed by atoms with Crippen molar-refractivity contribution in [2.24, 2.45) is 5.41 Å². The van der Waals surface area contributed by atoms with E-state index >= 15 is 0 Å². The van der Waals surface area contributed by atoms with Gasteiger partial charge in [0, 0.05) is 0 Å². The van der Waals surface area contributed by atoms with Crippen molar-refractivity contribution in [2.75, 3.05) is 0 Å². The Labute approximate surface area is 100 Å². The molecule has 0 N–H and O–H groups in total. The Hall–Kier alpha value is 1.05. The van der Waals surface area contributed by atoms with Crippen molar-refractivity contribution in [3.8, 4) is 5.94 Å². The first-order valence-electron chi connectivity index (χ1n) is 3.15. The van der Waals surface area contributed by atoms with E-state index in [1.54, 1.807) is 0 Å². The van der Waals surface area contributed by atoms with Crippen LogP contribution in [0.2, 0.25) is 0 Å². The first kappa shape index (κ1) is 14.6. The number of halogens is 3. The summed E-state index contributed by atoms with van der Waals surface area (Å²) in [6.07, 6.45) is 0. The van der Waals surface area contributed by atoms with Gasteiger partial charge < -0.3 is 0 Å². The van der Waals surface area contributed by atoms with E-state index < -0.39 is 7.54 Å². The van der Waals surface area contributed by atoms with Gasteiger partial charge in [0.25, 0.3) is 0 Å². The van der Waals surface area contributed by atoms with Crippen molar-refractivity contribution >= 4 is 56.5 Å². The molecular weight excluding hydrogens is 179 g/mol. The van der Waals surface area contributed by atoms with Gasteiger partial charge in [-0.25, -0.2) is 0 Å². The van der Waals surface area contributed by atoms with Crippen LogP contribution in [0.1, 0.15) is 20.8 Å². The second kappa shape index (κ2) is 7.69. The van der Waals surface area contributed by atoms with Crippen LogP contribution in [0.25, 0.3) is 0 Å². The van der Waals surface area contributed by atoms with Crippen LogP contribution in [0, 0.1) is 11.4 Å². The molecule has 0 aliphatic rings. The molecular formula is C6H9BF3K. The molecule has 0 radical (unpaired) electrons. The van der Waals surface area contributed by atoms with Gasteiger partial charge in [0.1, 0.15) is 0 Å². The molecule has 0 aromatic rings. The van der Waals surface area contributed by atoms with E-state index in [0.29, 0.717) is 49.0 Å². The minimum Gasteiger partial charge on any atom is -0.254 e. The van der Waals surface area contributed by atoms with Crippen LogP contribution >= 0.6 is 0 Å². The van der Waals surface area contributed by atoms with E-state index in [4.69, 9.17) is 0 Å². The molecule has 0 fully saturated rings. The number of hydrogen-bond acceptors (Lipinski definition) is 0. The normalized spacial score (nSPS) is 8.73. The molecule has 11 heavy (non-hydrogen) atoms. The summed E-state index contributed by atoms with van der Waals surface area (Å²) in [5.41, 5.74) is 0.236. The molecule has 0 heterocycles. The van der Waals surface area contributed by atoms with Gasteiger partial charge in [-0.05, 0) is 0 Å². The number of hydrogen-bond donors (Lipinski definition) is 0. The molecule has 0 rings (SSSR count). The zero-order chi connectivity index (χ0) is 9.49. The second-order valence-electron chi connectivity index (χ2n) is 2.87. The SMILES string of the molecule is CC(C)(C)C#[C][K].FB(F)F. The Kier molecular flexibility index (Phi) is 10.2. The Balaban J connectivity index is 0. The van der Waals surface area contributed by atoms with E-state index in [2.05, 4.69) is 26.7 Å². The van der Waals surface area contributed by atoms with Gasteiger partial charge in [0.2, 0.25) is 0 Å². The molecule has 58 valence electrons. The van der Waals surface area contributed by atoms with Gasteiger partial charge in [-0.3, -0.25) is 12.9 Å². The van der Waals surface area contributed by atoms with Crippen molar-refractivity contribution in [1.82, 2.24) is 0 Å². The summed E-state index contributed by atoms with van der Waals surface area (Å²) in [5.74, 6) is 3.12. The third kappa shape index (κ3) is 35.5. The Bertz CT molecular complexity index is 139. The van der Waals surface area contributed by atoms with Gasteiger partial charge in [-0.15, -0.1) is 0 Å². The maximum atomic E-state index is 9.67. The molecule has 0 unspecified atom stereocenters. The molecule has 0 nitrogen and oxygen atoms in total. The van der Waals surface area contributed by atoms with Crippen LogP contribution in [0.4, 0.5) is 12.9 Å².